The summed E-state index contributed by atoms with van der Waals surface area (Å²) in [5.74, 6) is 1.75. The number of amides is 2. The first-order valence-electron chi connectivity index (χ1n) is 10.9. The molecular weight excluding hydrogens is 446 g/mol. The van der Waals surface area contributed by atoms with Crippen molar-refractivity contribution >= 4 is 39.3 Å². The van der Waals surface area contributed by atoms with Crippen molar-refractivity contribution in [1.82, 2.24) is 24.2 Å². The number of aryl methyl sites for hydroxylation is 1. The molecule has 2 aromatic rings. The fourth-order valence-electron chi connectivity index (χ4n) is 3.93. The van der Waals surface area contributed by atoms with E-state index in [1.165, 1.54) is 4.31 Å². The Balaban J connectivity index is 1.36. The van der Waals surface area contributed by atoms with Gasteiger partial charge in [-0.15, -0.1) is 0 Å². The summed E-state index contributed by atoms with van der Waals surface area (Å²) in [6.45, 7) is 3.26. The number of hydrogen-bond acceptors (Lipinski definition) is 9. The van der Waals surface area contributed by atoms with E-state index >= 15 is 0 Å². The molecule has 0 radical (unpaired) electrons. The molecule has 176 valence electrons. The highest BCUT2D eigenvalue weighted by Crippen LogP contribution is 2.21. The summed E-state index contributed by atoms with van der Waals surface area (Å²) < 4.78 is 27.0. The summed E-state index contributed by atoms with van der Waals surface area (Å²) in [4.78, 5) is 40.1. The molecule has 0 atom stereocenters. The van der Waals surface area contributed by atoms with Crippen LogP contribution in [0.2, 0.25) is 0 Å². The van der Waals surface area contributed by atoms with Crippen molar-refractivity contribution in [3.63, 3.8) is 0 Å². The van der Waals surface area contributed by atoms with Crippen molar-refractivity contribution in [1.29, 1.82) is 0 Å². The molecule has 0 saturated carbocycles. The molecule has 2 aliphatic rings. The maximum atomic E-state index is 12.8. The molecule has 2 fully saturated rings. The predicted octanol–water partition coefficient (Wildman–Crippen LogP) is 0.915. The van der Waals surface area contributed by atoms with Crippen LogP contribution < -0.4 is 10.2 Å². The van der Waals surface area contributed by atoms with Crippen LogP contribution in [0.15, 0.2) is 30.5 Å². The van der Waals surface area contributed by atoms with E-state index in [1.807, 2.05) is 29.2 Å². The summed E-state index contributed by atoms with van der Waals surface area (Å²) in [7, 11) is -3.59. The number of piperidine rings is 1. The van der Waals surface area contributed by atoms with Gasteiger partial charge >= 0.3 is 0 Å². The standard InChI is InChI=1S/C21H27N7O4S/c1-16-23-18(25-17-5-2-3-8-22-17)15-19(24-16)26-9-11-27(12-10-26)33(31,32)14-13-28-20(29)6-4-7-21(28)30/h2-3,5,8,15H,4,6-7,9-14H2,1H3,(H,22,23,24,25). The minimum absolute atomic E-state index is 0.0894. The average molecular weight is 474 g/mol. The first kappa shape index (κ1) is 23.1. The molecule has 0 bridgehead atoms. The van der Waals surface area contributed by atoms with Crippen LogP contribution in [0.4, 0.5) is 17.5 Å². The van der Waals surface area contributed by atoms with Gasteiger partial charge in [0.25, 0.3) is 0 Å². The van der Waals surface area contributed by atoms with Crippen LogP contribution in [0.25, 0.3) is 0 Å². The minimum Gasteiger partial charge on any atom is -0.354 e. The van der Waals surface area contributed by atoms with Gasteiger partial charge in [0.1, 0.15) is 23.3 Å². The third-order valence-electron chi connectivity index (χ3n) is 5.66. The van der Waals surface area contributed by atoms with Crippen LogP contribution in [0.3, 0.4) is 0 Å². The summed E-state index contributed by atoms with van der Waals surface area (Å²) in [5.41, 5.74) is 0. The number of hydrogen-bond donors (Lipinski definition) is 1. The number of likely N-dealkylation sites (tertiary alicyclic amines) is 1. The van der Waals surface area contributed by atoms with E-state index in [1.54, 1.807) is 13.1 Å². The van der Waals surface area contributed by atoms with Gasteiger partial charge in [-0.05, 0) is 25.5 Å². The van der Waals surface area contributed by atoms with E-state index in [0.717, 1.165) is 4.90 Å². The fourth-order valence-corrected chi connectivity index (χ4v) is 5.32. The van der Waals surface area contributed by atoms with Gasteiger partial charge in [0.05, 0.1) is 5.75 Å². The number of pyridine rings is 1. The average Bonchev–Trinajstić information content (AvgIpc) is 2.79. The number of nitrogens with zero attached hydrogens (tertiary/aromatic N) is 6. The third-order valence-corrected chi connectivity index (χ3v) is 7.51. The Morgan fingerprint density at radius 3 is 2.39 bits per heavy atom. The van der Waals surface area contributed by atoms with Crippen LogP contribution in [0.5, 0.6) is 0 Å². The molecule has 33 heavy (non-hydrogen) atoms. The summed E-state index contributed by atoms with van der Waals surface area (Å²) >= 11 is 0. The number of nitrogens with one attached hydrogen (secondary N) is 1. The number of imide groups is 1. The Kier molecular flexibility index (Phi) is 6.84. The van der Waals surface area contributed by atoms with Gasteiger partial charge < -0.3 is 10.2 Å². The summed E-state index contributed by atoms with van der Waals surface area (Å²) in [5, 5.41) is 3.16. The summed E-state index contributed by atoms with van der Waals surface area (Å²) in [6, 6.07) is 7.36. The van der Waals surface area contributed by atoms with E-state index in [2.05, 4.69) is 20.3 Å². The van der Waals surface area contributed by atoms with Crippen molar-refractivity contribution in [3.8, 4) is 0 Å². The zero-order valence-corrected chi connectivity index (χ0v) is 19.3. The van der Waals surface area contributed by atoms with E-state index in [9.17, 15) is 18.0 Å². The second-order valence-corrected chi connectivity index (χ2v) is 10.1. The Morgan fingerprint density at radius 2 is 1.73 bits per heavy atom. The Bertz CT molecular complexity index is 1100. The number of carbonyl (C=O) groups excluding carboxylic acids is 2. The first-order chi connectivity index (χ1) is 15.8. The molecule has 4 rings (SSSR count). The molecule has 0 unspecified atom stereocenters. The normalized spacial score (nSPS) is 18.0. The van der Waals surface area contributed by atoms with Crippen LogP contribution in [-0.4, -0.2) is 82.9 Å². The smallest absolute Gasteiger partial charge is 0.229 e. The number of carbonyl (C=O) groups is 2. The molecular formula is C21H27N7O4S. The van der Waals surface area contributed by atoms with Gasteiger partial charge in [-0.3, -0.25) is 14.5 Å². The maximum absolute atomic E-state index is 12.8. The Morgan fingerprint density at radius 1 is 1.00 bits per heavy atom. The van der Waals surface area contributed by atoms with Gasteiger partial charge in [0.2, 0.25) is 21.8 Å². The van der Waals surface area contributed by atoms with Crippen molar-refractivity contribution in [2.75, 3.05) is 48.7 Å². The molecule has 2 amide bonds. The van der Waals surface area contributed by atoms with Crippen molar-refractivity contribution in [2.45, 2.75) is 26.2 Å². The number of anilines is 3. The second-order valence-electron chi connectivity index (χ2n) is 7.99. The number of piperazine rings is 1. The zero-order valence-electron chi connectivity index (χ0n) is 18.5. The van der Waals surface area contributed by atoms with Gasteiger partial charge in [0.15, 0.2) is 0 Å². The Labute approximate surface area is 192 Å². The molecule has 2 saturated heterocycles. The molecule has 0 aromatic carbocycles. The molecule has 11 nitrogen and oxygen atoms in total. The van der Waals surface area contributed by atoms with Gasteiger partial charge in [-0.1, -0.05) is 6.07 Å². The SMILES string of the molecule is Cc1nc(Nc2ccccn2)cc(N2CCN(S(=O)(=O)CCN3C(=O)CCCC3=O)CC2)n1. The predicted molar refractivity (Wildman–Crippen MR) is 122 cm³/mol. The van der Waals surface area contributed by atoms with Crippen molar-refractivity contribution in [2.24, 2.45) is 0 Å². The number of rotatable bonds is 7. The molecule has 1 N–H and O–H groups in total. The lowest BCUT2D eigenvalue weighted by Crippen LogP contribution is -2.51. The molecule has 2 aliphatic heterocycles. The van der Waals surface area contributed by atoms with Gasteiger partial charge in [-0.2, -0.15) is 4.31 Å². The zero-order chi connectivity index (χ0) is 23.4. The fraction of sp³-hybridized carbons (Fsp3) is 0.476. The van der Waals surface area contributed by atoms with Crippen LogP contribution in [-0.2, 0) is 19.6 Å². The monoisotopic (exact) mass is 473 g/mol. The van der Waals surface area contributed by atoms with E-state index < -0.39 is 10.0 Å². The highest BCUT2D eigenvalue weighted by atomic mass is 32.2. The molecule has 12 heteroatoms. The number of aromatic nitrogens is 3. The highest BCUT2D eigenvalue weighted by molar-refractivity contribution is 7.89. The largest absolute Gasteiger partial charge is 0.354 e. The lowest BCUT2D eigenvalue weighted by molar-refractivity contribution is -0.147. The topological polar surface area (TPSA) is 129 Å². The molecule has 0 aliphatic carbocycles. The van der Waals surface area contributed by atoms with E-state index in [4.69, 9.17) is 0 Å². The van der Waals surface area contributed by atoms with Gasteiger partial charge in [0, 0.05) is 57.8 Å². The third kappa shape index (κ3) is 5.63. The highest BCUT2D eigenvalue weighted by Gasteiger charge is 2.31. The molecule has 2 aromatic heterocycles. The van der Waals surface area contributed by atoms with Crippen LogP contribution in [0.1, 0.15) is 25.1 Å². The Hall–Kier alpha value is -3.12. The minimum atomic E-state index is -3.59. The van der Waals surface area contributed by atoms with Crippen LogP contribution in [0, 0.1) is 6.92 Å². The molecule has 4 heterocycles. The quantitative estimate of drug-likeness (QED) is 0.584. The van der Waals surface area contributed by atoms with Crippen molar-refractivity contribution < 1.29 is 18.0 Å². The number of sulfonamides is 1. The lowest BCUT2D eigenvalue weighted by Gasteiger charge is -2.35. The maximum Gasteiger partial charge on any atom is 0.229 e. The van der Waals surface area contributed by atoms with E-state index in [0.29, 0.717) is 68.7 Å². The second kappa shape index (κ2) is 9.79. The van der Waals surface area contributed by atoms with Crippen molar-refractivity contribution in [3.05, 3.63) is 36.3 Å². The summed E-state index contributed by atoms with van der Waals surface area (Å²) in [6.07, 6.45) is 2.80. The van der Waals surface area contributed by atoms with Gasteiger partial charge in [-0.25, -0.2) is 23.4 Å². The molecule has 0 spiro atoms. The van der Waals surface area contributed by atoms with Crippen LogP contribution >= 0.6 is 0 Å². The first-order valence-corrected chi connectivity index (χ1v) is 12.5. The lowest BCUT2D eigenvalue weighted by atomic mass is 10.1. The van der Waals surface area contributed by atoms with E-state index in [-0.39, 0.29) is 24.1 Å².